The van der Waals surface area contributed by atoms with E-state index in [1.807, 2.05) is 30.5 Å². The summed E-state index contributed by atoms with van der Waals surface area (Å²) < 4.78 is 1.64. The minimum absolute atomic E-state index is 0.00282. The molecule has 3 nitrogen and oxygen atoms in total. The smallest absolute Gasteiger partial charge is 0.230 e. The second-order valence-electron chi connectivity index (χ2n) is 2.94. The lowest BCUT2D eigenvalue weighted by Gasteiger charge is -2.00. The highest BCUT2D eigenvalue weighted by Gasteiger charge is 2.11. The standard InChI is InChI=1S/C10H10N2OS/c1-7(13)12-9-6-4-3-5-8(9)11-10(12)14-2/h3-6H,1-2H3. The molecule has 0 saturated carbocycles. The molecule has 0 saturated heterocycles. The van der Waals surface area contributed by atoms with Crippen LogP contribution in [0.25, 0.3) is 11.0 Å². The number of carbonyl (C=O) groups excluding carboxylic acids is 1. The Labute approximate surface area is 86.1 Å². The molecule has 0 aliphatic heterocycles. The average molecular weight is 206 g/mol. The number of fused-ring (bicyclic) bond motifs is 1. The SMILES string of the molecule is CSc1nc2ccccc2n1C(C)=O. The maximum atomic E-state index is 11.4. The molecule has 0 bridgehead atoms. The molecule has 0 atom stereocenters. The lowest BCUT2D eigenvalue weighted by molar-refractivity contribution is 0.0931. The van der Waals surface area contributed by atoms with Crippen LogP contribution in [0.15, 0.2) is 29.4 Å². The second kappa shape index (κ2) is 3.46. The lowest BCUT2D eigenvalue weighted by Crippen LogP contribution is -2.06. The average Bonchev–Trinajstić information content (AvgIpc) is 2.55. The number of thioether (sulfide) groups is 1. The Balaban J connectivity index is 2.81. The summed E-state index contributed by atoms with van der Waals surface area (Å²) in [6.07, 6.45) is 1.92. The summed E-state index contributed by atoms with van der Waals surface area (Å²) >= 11 is 1.48. The molecule has 1 heterocycles. The zero-order valence-electron chi connectivity index (χ0n) is 8.02. The zero-order chi connectivity index (χ0) is 10.1. The van der Waals surface area contributed by atoms with Crippen molar-refractivity contribution in [3.63, 3.8) is 0 Å². The molecule has 0 unspecified atom stereocenters. The molecule has 0 spiro atoms. The predicted molar refractivity (Wildman–Crippen MR) is 57.8 cm³/mol. The van der Waals surface area contributed by atoms with Crippen molar-refractivity contribution >= 4 is 28.7 Å². The van der Waals surface area contributed by atoms with Crippen LogP contribution < -0.4 is 0 Å². The van der Waals surface area contributed by atoms with Crippen LogP contribution in [-0.4, -0.2) is 21.7 Å². The quantitative estimate of drug-likeness (QED) is 0.672. The van der Waals surface area contributed by atoms with Crippen molar-refractivity contribution in [1.82, 2.24) is 9.55 Å². The molecule has 2 rings (SSSR count). The number of aromatic nitrogens is 2. The van der Waals surface area contributed by atoms with Crippen molar-refractivity contribution in [2.75, 3.05) is 6.26 Å². The van der Waals surface area contributed by atoms with Gasteiger partial charge in [-0.25, -0.2) is 4.98 Å². The number of nitrogens with zero attached hydrogens (tertiary/aromatic N) is 2. The van der Waals surface area contributed by atoms with E-state index in [-0.39, 0.29) is 5.91 Å². The Hall–Kier alpha value is -1.29. The second-order valence-corrected chi connectivity index (χ2v) is 3.72. The minimum atomic E-state index is 0.00282. The van der Waals surface area contributed by atoms with Crippen LogP contribution in [0.3, 0.4) is 0 Å². The molecule has 1 aromatic carbocycles. The van der Waals surface area contributed by atoms with Gasteiger partial charge >= 0.3 is 0 Å². The van der Waals surface area contributed by atoms with E-state index < -0.39 is 0 Å². The maximum Gasteiger partial charge on any atom is 0.230 e. The number of benzene rings is 1. The molecular weight excluding hydrogens is 196 g/mol. The van der Waals surface area contributed by atoms with E-state index in [1.54, 1.807) is 11.5 Å². The van der Waals surface area contributed by atoms with Gasteiger partial charge in [0.2, 0.25) is 5.91 Å². The molecule has 14 heavy (non-hydrogen) atoms. The van der Waals surface area contributed by atoms with Crippen molar-refractivity contribution in [3.8, 4) is 0 Å². The zero-order valence-corrected chi connectivity index (χ0v) is 8.84. The van der Waals surface area contributed by atoms with Crippen LogP contribution in [0.4, 0.5) is 0 Å². The van der Waals surface area contributed by atoms with Crippen LogP contribution >= 0.6 is 11.8 Å². The van der Waals surface area contributed by atoms with Crippen molar-refractivity contribution in [1.29, 1.82) is 0 Å². The molecule has 0 radical (unpaired) electrons. The number of imidazole rings is 1. The van der Waals surface area contributed by atoms with Crippen LogP contribution in [0.2, 0.25) is 0 Å². The normalized spacial score (nSPS) is 10.7. The summed E-state index contributed by atoms with van der Waals surface area (Å²) in [6, 6.07) is 7.65. The van der Waals surface area contributed by atoms with Gasteiger partial charge in [0.25, 0.3) is 0 Å². The van der Waals surface area contributed by atoms with Gasteiger partial charge in [-0.1, -0.05) is 23.9 Å². The highest BCUT2D eigenvalue weighted by molar-refractivity contribution is 7.98. The van der Waals surface area contributed by atoms with E-state index >= 15 is 0 Å². The fraction of sp³-hybridized carbons (Fsp3) is 0.200. The highest BCUT2D eigenvalue weighted by Crippen LogP contribution is 2.21. The third-order valence-corrected chi connectivity index (χ3v) is 2.67. The molecular formula is C10H10N2OS. The highest BCUT2D eigenvalue weighted by atomic mass is 32.2. The minimum Gasteiger partial charge on any atom is -0.274 e. The Bertz CT molecular complexity index is 490. The van der Waals surface area contributed by atoms with Crippen molar-refractivity contribution < 1.29 is 4.79 Å². The molecule has 2 aromatic rings. The topological polar surface area (TPSA) is 34.9 Å². The molecule has 0 N–H and O–H groups in total. The van der Waals surface area contributed by atoms with Crippen molar-refractivity contribution in [3.05, 3.63) is 24.3 Å². The maximum absolute atomic E-state index is 11.4. The number of carbonyl (C=O) groups is 1. The number of hydrogen-bond donors (Lipinski definition) is 0. The fourth-order valence-electron chi connectivity index (χ4n) is 1.45. The third-order valence-electron chi connectivity index (χ3n) is 2.03. The van der Waals surface area contributed by atoms with Gasteiger partial charge < -0.3 is 0 Å². The Morgan fingerprint density at radius 1 is 1.43 bits per heavy atom. The molecule has 0 aliphatic rings. The van der Waals surface area contributed by atoms with E-state index in [1.165, 1.54) is 11.8 Å². The van der Waals surface area contributed by atoms with Gasteiger partial charge in [-0.05, 0) is 18.4 Å². The monoisotopic (exact) mass is 206 g/mol. The van der Waals surface area contributed by atoms with Gasteiger partial charge in [-0.3, -0.25) is 9.36 Å². The molecule has 0 fully saturated rings. The molecule has 0 amide bonds. The summed E-state index contributed by atoms with van der Waals surface area (Å²) in [5.41, 5.74) is 1.75. The van der Waals surface area contributed by atoms with Gasteiger partial charge in [0, 0.05) is 6.92 Å². The van der Waals surface area contributed by atoms with E-state index in [0.717, 1.165) is 16.2 Å². The van der Waals surface area contributed by atoms with Gasteiger partial charge in [0.1, 0.15) is 0 Å². The lowest BCUT2D eigenvalue weighted by atomic mass is 10.3. The Morgan fingerprint density at radius 3 is 2.79 bits per heavy atom. The molecule has 1 aromatic heterocycles. The van der Waals surface area contributed by atoms with Crippen LogP contribution in [0.5, 0.6) is 0 Å². The van der Waals surface area contributed by atoms with Gasteiger partial charge in [-0.15, -0.1) is 0 Å². The summed E-state index contributed by atoms with van der Waals surface area (Å²) in [6.45, 7) is 1.55. The molecule has 0 aliphatic carbocycles. The summed E-state index contributed by atoms with van der Waals surface area (Å²) in [5, 5.41) is 0.749. The molecule has 72 valence electrons. The van der Waals surface area contributed by atoms with E-state index in [2.05, 4.69) is 4.98 Å². The summed E-state index contributed by atoms with van der Waals surface area (Å²) in [5.74, 6) is 0.00282. The molecule has 4 heteroatoms. The Kier molecular flexibility index (Phi) is 2.29. The summed E-state index contributed by atoms with van der Waals surface area (Å²) in [7, 11) is 0. The largest absolute Gasteiger partial charge is 0.274 e. The van der Waals surface area contributed by atoms with Crippen LogP contribution in [0.1, 0.15) is 11.7 Å². The van der Waals surface area contributed by atoms with Crippen molar-refractivity contribution in [2.45, 2.75) is 12.1 Å². The summed E-state index contributed by atoms with van der Waals surface area (Å²) in [4.78, 5) is 15.8. The van der Waals surface area contributed by atoms with E-state index in [9.17, 15) is 4.79 Å². The van der Waals surface area contributed by atoms with Crippen LogP contribution in [-0.2, 0) is 0 Å². The van der Waals surface area contributed by atoms with E-state index in [0.29, 0.717) is 0 Å². The first-order chi connectivity index (χ1) is 6.74. The van der Waals surface area contributed by atoms with Gasteiger partial charge in [-0.2, -0.15) is 0 Å². The van der Waals surface area contributed by atoms with Crippen LogP contribution in [0, 0.1) is 0 Å². The van der Waals surface area contributed by atoms with E-state index in [4.69, 9.17) is 0 Å². The van der Waals surface area contributed by atoms with Gasteiger partial charge in [0.15, 0.2) is 5.16 Å². The first-order valence-corrected chi connectivity index (χ1v) is 5.49. The van der Waals surface area contributed by atoms with Gasteiger partial charge in [0.05, 0.1) is 11.0 Å². The fourth-order valence-corrected chi connectivity index (χ4v) is 2.04. The first kappa shape index (κ1) is 9.27. The van der Waals surface area contributed by atoms with Crippen molar-refractivity contribution in [2.24, 2.45) is 0 Å². The number of rotatable bonds is 1. The first-order valence-electron chi connectivity index (χ1n) is 4.26. The third kappa shape index (κ3) is 1.32. The number of hydrogen-bond acceptors (Lipinski definition) is 3. The number of para-hydroxylation sites is 2. The Morgan fingerprint density at radius 2 is 2.14 bits per heavy atom. The predicted octanol–water partition coefficient (Wildman–Crippen LogP) is 2.42.